The molecule has 8 nitrogen and oxygen atoms in total. The van der Waals surface area contributed by atoms with E-state index in [1.165, 1.54) is 0 Å². The topological polar surface area (TPSA) is 99.5 Å². The minimum absolute atomic E-state index is 0.0293. The average Bonchev–Trinajstić information content (AvgIpc) is 3.17. The minimum atomic E-state index is -1.66. The predicted octanol–water partition coefficient (Wildman–Crippen LogP) is 2.63. The van der Waals surface area contributed by atoms with Gasteiger partial charge in [0.1, 0.15) is 6.61 Å². The van der Waals surface area contributed by atoms with Crippen molar-refractivity contribution in [1.82, 2.24) is 14.9 Å². The second kappa shape index (κ2) is 8.12. The van der Waals surface area contributed by atoms with Crippen LogP contribution in [0.15, 0.2) is 41.2 Å². The van der Waals surface area contributed by atoms with E-state index in [1.807, 2.05) is 37.3 Å². The fraction of sp³-hybridized carbons (Fsp3) is 0.360. The van der Waals surface area contributed by atoms with Crippen molar-refractivity contribution in [3.8, 4) is 11.4 Å². The Balaban J connectivity index is 1.64. The highest BCUT2D eigenvalue weighted by atomic mass is 16.6. The molecule has 0 unspecified atom stereocenters. The van der Waals surface area contributed by atoms with E-state index in [9.17, 15) is 14.4 Å². The molecule has 2 aliphatic heterocycles. The van der Waals surface area contributed by atoms with Crippen LogP contribution in [0.1, 0.15) is 43.4 Å². The molecular formula is C25H25N3O5. The third-order valence-electron chi connectivity index (χ3n) is 6.37. The number of fused-ring (bicyclic) bond motifs is 5. The van der Waals surface area contributed by atoms with E-state index in [2.05, 4.69) is 5.32 Å². The Hall–Kier alpha value is -3.52. The molecule has 8 heteroatoms. The summed E-state index contributed by atoms with van der Waals surface area (Å²) in [6.07, 6.45) is 1.01. The van der Waals surface area contributed by atoms with Crippen LogP contribution in [-0.4, -0.2) is 34.6 Å². The van der Waals surface area contributed by atoms with Crippen molar-refractivity contribution < 1.29 is 19.1 Å². The van der Waals surface area contributed by atoms with Crippen molar-refractivity contribution in [3.63, 3.8) is 0 Å². The fourth-order valence-electron chi connectivity index (χ4n) is 4.68. The van der Waals surface area contributed by atoms with Crippen LogP contribution in [0.4, 0.5) is 0 Å². The monoisotopic (exact) mass is 447 g/mol. The molecule has 170 valence electrons. The Morgan fingerprint density at radius 3 is 2.85 bits per heavy atom. The summed E-state index contributed by atoms with van der Waals surface area (Å²) >= 11 is 0. The maximum atomic E-state index is 13.5. The van der Waals surface area contributed by atoms with Crippen molar-refractivity contribution in [2.24, 2.45) is 0 Å². The van der Waals surface area contributed by atoms with Crippen molar-refractivity contribution in [1.29, 1.82) is 0 Å². The molecule has 2 aliphatic rings. The van der Waals surface area contributed by atoms with Gasteiger partial charge >= 0.3 is 11.9 Å². The van der Waals surface area contributed by atoms with Crippen LogP contribution in [0, 0.1) is 0 Å². The molecule has 0 radical (unpaired) electrons. The molecule has 0 aliphatic carbocycles. The summed E-state index contributed by atoms with van der Waals surface area (Å²) < 4.78 is 12.7. The van der Waals surface area contributed by atoms with Crippen molar-refractivity contribution in [3.05, 3.63) is 63.4 Å². The summed E-state index contributed by atoms with van der Waals surface area (Å²) in [6, 6.07) is 11.6. The van der Waals surface area contributed by atoms with E-state index in [0.29, 0.717) is 35.6 Å². The summed E-state index contributed by atoms with van der Waals surface area (Å²) in [6.45, 7) is 4.60. The van der Waals surface area contributed by atoms with E-state index in [0.717, 1.165) is 22.9 Å². The number of cyclic esters (lactones) is 1. The van der Waals surface area contributed by atoms with E-state index < -0.39 is 17.5 Å². The second-order valence-electron chi connectivity index (χ2n) is 8.41. The number of ether oxygens (including phenoxy) is 2. The number of benzene rings is 1. The standard InChI is InChI=1S/C25H25N3O5/c1-3-9-26-12-21(29)33-25(4-2)18-11-20-22-16(10-15-7-5-6-8-19(15)27-22)13-28(20)23(30)17(18)14-32-24(25)31/h5-8,10-11,26H,3-4,9,12-14H2,1-2H3/t25-/m1/s1. The first-order valence-electron chi connectivity index (χ1n) is 11.2. The molecule has 0 saturated heterocycles. The molecule has 1 N–H and O–H groups in total. The highest BCUT2D eigenvalue weighted by molar-refractivity contribution is 5.88. The van der Waals surface area contributed by atoms with Crippen LogP contribution in [0.25, 0.3) is 22.3 Å². The number of aromatic nitrogens is 2. The van der Waals surface area contributed by atoms with Gasteiger partial charge in [0.05, 0.1) is 35.6 Å². The van der Waals surface area contributed by atoms with E-state index in [4.69, 9.17) is 14.5 Å². The van der Waals surface area contributed by atoms with E-state index in [1.54, 1.807) is 17.6 Å². The van der Waals surface area contributed by atoms with Gasteiger partial charge in [-0.2, -0.15) is 0 Å². The largest absolute Gasteiger partial charge is 0.457 e. The van der Waals surface area contributed by atoms with Crippen molar-refractivity contribution in [2.75, 3.05) is 13.1 Å². The number of carbonyl (C=O) groups is 2. The summed E-state index contributed by atoms with van der Waals surface area (Å²) in [5.74, 6) is -1.23. The lowest BCUT2D eigenvalue weighted by atomic mass is 9.85. The van der Waals surface area contributed by atoms with Crippen LogP contribution in [-0.2, 0) is 37.8 Å². The molecule has 1 atom stereocenters. The first kappa shape index (κ1) is 21.3. The van der Waals surface area contributed by atoms with Gasteiger partial charge in [0.25, 0.3) is 5.56 Å². The zero-order valence-electron chi connectivity index (χ0n) is 18.6. The number of carbonyl (C=O) groups excluding carboxylic acids is 2. The third kappa shape index (κ3) is 3.33. The predicted molar refractivity (Wildman–Crippen MR) is 122 cm³/mol. The van der Waals surface area contributed by atoms with E-state index >= 15 is 0 Å². The average molecular weight is 447 g/mol. The number of nitrogens with one attached hydrogen (secondary N) is 1. The molecule has 0 spiro atoms. The Bertz CT molecular complexity index is 1350. The maximum Gasteiger partial charge on any atom is 0.355 e. The van der Waals surface area contributed by atoms with Gasteiger partial charge in [-0.15, -0.1) is 0 Å². The van der Waals surface area contributed by atoms with Gasteiger partial charge in [0.15, 0.2) is 0 Å². The van der Waals surface area contributed by atoms with Gasteiger partial charge in [0, 0.05) is 16.5 Å². The molecule has 4 heterocycles. The summed E-state index contributed by atoms with van der Waals surface area (Å²) in [5.41, 5.74) is 1.90. The molecule has 33 heavy (non-hydrogen) atoms. The quantitative estimate of drug-likeness (QED) is 0.358. The van der Waals surface area contributed by atoms with Gasteiger partial charge < -0.3 is 19.4 Å². The second-order valence-corrected chi connectivity index (χ2v) is 8.41. The molecule has 0 amide bonds. The normalized spacial score (nSPS) is 18.4. The lowest BCUT2D eigenvalue weighted by Crippen LogP contribution is -2.48. The smallest absolute Gasteiger partial charge is 0.355 e. The zero-order valence-corrected chi connectivity index (χ0v) is 18.6. The molecule has 0 fully saturated rings. The Labute approximate surface area is 190 Å². The van der Waals surface area contributed by atoms with E-state index in [-0.39, 0.29) is 25.1 Å². The maximum absolute atomic E-state index is 13.5. The van der Waals surface area contributed by atoms with Crippen LogP contribution in [0.5, 0.6) is 0 Å². The van der Waals surface area contributed by atoms with Crippen LogP contribution in [0.2, 0.25) is 0 Å². The number of para-hydroxylation sites is 1. The first-order valence-corrected chi connectivity index (χ1v) is 11.2. The van der Waals surface area contributed by atoms with Crippen molar-refractivity contribution in [2.45, 2.75) is 45.4 Å². The van der Waals surface area contributed by atoms with Gasteiger partial charge in [-0.1, -0.05) is 32.0 Å². The SMILES string of the molecule is CCCNCC(=O)O[C@@]1(CC)C(=O)OCc2c1cc1n(c2=O)Cc2cc3ccccc3nc2-1. The lowest BCUT2D eigenvalue weighted by Gasteiger charge is -2.35. The number of rotatable bonds is 6. The van der Waals surface area contributed by atoms with Crippen LogP contribution < -0.4 is 10.9 Å². The molecular weight excluding hydrogens is 422 g/mol. The summed E-state index contributed by atoms with van der Waals surface area (Å²) in [4.78, 5) is 43.8. The number of hydrogen-bond acceptors (Lipinski definition) is 7. The van der Waals surface area contributed by atoms with Gasteiger partial charge in [-0.3, -0.25) is 9.59 Å². The zero-order chi connectivity index (χ0) is 23.2. The minimum Gasteiger partial charge on any atom is -0.457 e. The third-order valence-corrected chi connectivity index (χ3v) is 6.37. The molecule has 3 aromatic rings. The number of nitrogens with zero attached hydrogens (tertiary/aromatic N) is 2. The molecule has 1 aromatic carbocycles. The Morgan fingerprint density at radius 2 is 2.06 bits per heavy atom. The fourth-order valence-corrected chi connectivity index (χ4v) is 4.68. The Kier molecular flexibility index (Phi) is 5.25. The van der Waals surface area contributed by atoms with Gasteiger partial charge in [-0.25, -0.2) is 9.78 Å². The highest BCUT2D eigenvalue weighted by Gasteiger charge is 2.50. The van der Waals surface area contributed by atoms with Crippen molar-refractivity contribution >= 4 is 22.8 Å². The molecule has 0 bridgehead atoms. The summed E-state index contributed by atoms with van der Waals surface area (Å²) in [7, 11) is 0. The number of esters is 2. The number of hydrogen-bond donors (Lipinski definition) is 1. The first-order chi connectivity index (χ1) is 16.0. The van der Waals surface area contributed by atoms with Crippen LogP contribution in [0.3, 0.4) is 0 Å². The summed E-state index contributed by atoms with van der Waals surface area (Å²) in [5, 5.41) is 3.98. The molecule has 5 rings (SSSR count). The molecule has 0 saturated carbocycles. The van der Waals surface area contributed by atoms with Gasteiger partial charge in [0.2, 0.25) is 5.60 Å². The lowest BCUT2D eigenvalue weighted by molar-refractivity contribution is -0.189. The van der Waals surface area contributed by atoms with Gasteiger partial charge in [-0.05, 0) is 37.6 Å². The number of pyridine rings is 2. The highest BCUT2D eigenvalue weighted by Crippen LogP contribution is 2.40. The van der Waals surface area contributed by atoms with Crippen LogP contribution >= 0.6 is 0 Å². The Morgan fingerprint density at radius 1 is 1.24 bits per heavy atom. The molecule has 2 aromatic heterocycles.